The van der Waals surface area contributed by atoms with Crippen molar-refractivity contribution in [1.82, 2.24) is 5.43 Å². The summed E-state index contributed by atoms with van der Waals surface area (Å²) >= 11 is 6.34. The Kier molecular flexibility index (Phi) is 4.70. The number of carbonyl (C=O) groups excluding carboxylic acids is 1. The van der Waals surface area contributed by atoms with E-state index in [0.29, 0.717) is 21.9 Å². The maximum atomic E-state index is 12.4. The number of phenols is 1. The number of amides is 1. The number of phenolic OH excluding ortho intramolecular Hbond substituents is 1. The normalized spacial score (nSPS) is 20.1. The van der Waals surface area contributed by atoms with E-state index in [1.54, 1.807) is 30.3 Å². The molecule has 2 aromatic carbocycles. The zero-order valence-corrected chi connectivity index (χ0v) is 15.9. The molecule has 0 aromatic heterocycles. The molecular weight excluding hydrogens is 416 g/mol. The zero-order valence-electron chi connectivity index (χ0n) is 15.1. The van der Waals surface area contributed by atoms with E-state index in [1.807, 2.05) is 0 Å². The number of nitro benzene ring substituents is 2. The van der Waals surface area contributed by atoms with Gasteiger partial charge >= 0.3 is 11.4 Å². The molecule has 1 heterocycles. The lowest BCUT2D eigenvalue weighted by Crippen LogP contribution is -2.31. The van der Waals surface area contributed by atoms with Gasteiger partial charge in [-0.3, -0.25) is 25.0 Å². The second-order valence-corrected chi connectivity index (χ2v) is 7.28. The van der Waals surface area contributed by atoms with Crippen molar-refractivity contribution in [3.8, 4) is 5.75 Å². The average molecular weight is 429 g/mol. The van der Waals surface area contributed by atoms with Gasteiger partial charge in [-0.25, -0.2) is 5.43 Å². The van der Waals surface area contributed by atoms with Gasteiger partial charge in [0.1, 0.15) is 0 Å². The van der Waals surface area contributed by atoms with Gasteiger partial charge in [0, 0.05) is 23.1 Å². The minimum Gasteiger partial charge on any atom is -0.497 e. The summed E-state index contributed by atoms with van der Waals surface area (Å²) in [5.41, 5.74) is 2.65. The van der Waals surface area contributed by atoms with Crippen LogP contribution in [0.1, 0.15) is 23.5 Å². The highest BCUT2D eigenvalue weighted by molar-refractivity contribution is 6.31. The van der Waals surface area contributed by atoms with Crippen LogP contribution in [0.3, 0.4) is 0 Å². The van der Waals surface area contributed by atoms with Gasteiger partial charge in [0.15, 0.2) is 0 Å². The maximum absolute atomic E-state index is 12.4. The summed E-state index contributed by atoms with van der Waals surface area (Å²) in [6, 6.07) is 9.14. The number of nitro groups is 2. The molecule has 4 rings (SSSR count). The van der Waals surface area contributed by atoms with Crippen LogP contribution in [0.25, 0.3) is 5.57 Å². The molecule has 10 nitrogen and oxygen atoms in total. The number of benzene rings is 2. The first-order valence-electron chi connectivity index (χ1n) is 8.76. The van der Waals surface area contributed by atoms with E-state index in [-0.39, 0.29) is 17.9 Å². The molecule has 2 unspecified atom stereocenters. The minimum atomic E-state index is -1.01. The number of carbonyl (C=O) groups is 1. The molecule has 152 valence electrons. The van der Waals surface area contributed by atoms with E-state index in [0.717, 1.165) is 12.1 Å². The Morgan fingerprint density at radius 3 is 2.37 bits per heavy atom. The first-order valence-corrected chi connectivity index (χ1v) is 9.14. The van der Waals surface area contributed by atoms with E-state index in [2.05, 4.69) is 10.5 Å². The topological polar surface area (TPSA) is 148 Å². The Labute approximate surface area is 173 Å². The van der Waals surface area contributed by atoms with Crippen LogP contribution >= 0.6 is 11.6 Å². The van der Waals surface area contributed by atoms with Crippen LogP contribution in [-0.4, -0.2) is 26.6 Å². The predicted molar refractivity (Wildman–Crippen MR) is 107 cm³/mol. The molecule has 2 aliphatic rings. The molecule has 0 bridgehead atoms. The number of nitrogens with one attached hydrogen (secondary N) is 1. The van der Waals surface area contributed by atoms with Crippen molar-refractivity contribution in [2.24, 2.45) is 11.0 Å². The van der Waals surface area contributed by atoms with Gasteiger partial charge in [-0.05, 0) is 35.3 Å². The lowest BCUT2D eigenvalue weighted by molar-refractivity contribution is -0.396. The summed E-state index contributed by atoms with van der Waals surface area (Å²) in [5, 5.41) is 37.0. The van der Waals surface area contributed by atoms with E-state index in [1.165, 1.54) is 0 Å². The molecule has 30 heavy (non-hydrogen) atoms. The van der Waals surface area contributed by atoms with Gasteiger partial charge in [-0.1, -0.05) is 29.8 Å². The lowest BCUT2D eigenvalue weighted by Gasteiger charge is -2.29. The Morgan fingerprint density at radius 1 is 1.13 bits per heavy atom. The van der Waals surface area contributed by atoms with Gasteiger partial charge < -0.3 is 5.11 Å². The van der Waals surface area contributed by atoms with Crippen molar-refractivity contribution >= 4 is 40.2 Å². The molecule has 2 N–H and O–H groups in total. The van der Waals surface area contributed by atoms with Gasteiger partial charge in [-0.15, -0.1) is 0 Å². The van der Waals surface area contributed by atoms with Crippen molar-refractivity contribution in [1.29, 1.82) is 0 Å². The average Bonchev–Trinajstić information content (AvgIpc) is 3.08. The molecule has 0 saturated carbocycles. The third-order valence-electron chi connectivity index (χ3n) is 5.20. The van der Waals surface area contributed by atoms with Crippen molar-refractivity contribution in [2.75, 3.05) is 0 Å². The van der Waals surface area contributed by atoms with Gasteiger partial charge in [0.25, 0.3) is 5.75 Å². The number of allylic oxidation sites excluding steroid dienone is 2. The van der Waals surface area contributed by atoms with Crippen LogP contribution in [0.5, 0.6) is 5.75 Å². The Balaban J connectivity index is 1.87. The monoisotopic (exact) mass is 428 g/mol. The van der Waals surface area contributed by atoms with Gasteiger partial charge in [0.2, 0.25) is 5.91 Å². The predicted octanol–water partition coefficient (Wildman–Crippen LogP) is 3.53. The van der Waals surface area contributed by atoms with Crippen molar-refractivity contribution < 1.29 is 19.7 Å². The molecule has 2 atom stereocenters. The number of fused-ring (bicyclic) bond motifs is 1. The first-order chi connectivity index (χ1) is 14.3. The largest absolute Gasteiger partial charge is 0.497 e. The van der Waals surface area contributed by atoms with E-state index >= 15 is 0 Å². The summed E-state index contributed by atoms with van der Waals surface area (Å²) in [5.74, 6) is -2.34. The lowest BCUT2D eigenvalue weighted by atomic mass is 9.73. The summed E-state index contributed by atoms with van der Waals surface area (Å²) in [6.45, 7) is 0. The molecular formula is C19H13ClN4O6. The molecule has 1 amide bonds. The number of halogens is 1. The highest BCUT2D eigenvalue weighted by atomic mass is 35.5. The van der Waals surface area contributed by atoms with Crippen LogP contribution in [0.2, 0.25) is 5.02 Å². The number of hydrogen-bond acceptors (Lipinski definition) is 7. The molecule has 11 heteroatoms. The summed E-state index contributed by atoms with van der Waals surface area (Å²) in [7, 11) is 0. The maximum Gasteiger partial charge on any atom is 0.318 e. The number of hydrogen-bond donors (Lipinski definition) is 2. The molecule has 2 aromatic rings. The van der Waals surface area contributed by atoms with Gasteiger partial charge in [0.05, 0.1) is 21.5 Å². The van der Waals surface area contributed by atoms with Crippen molar-refractivity contribution in [3.63, 3.8) is 0 Å². The molecule has 1 aliphatic heterocycles. The number of aromatic hydroxyl groups is 1. The highest BCUT2D eigenvalue weighted by Crippen LogP contribution is 2.46. The molecule has 0 fully saturated rings. The Bertz CT molecular complexity index is 1140. The fourth-order valence-corrected chi connectivity index (χ4v) is 4.11. The summed E-state index contributed by atoms with van der Waals surface area (Å²) in [4.78, 5) is 33.2. The van der Waals surface area contributed by atoms with E-state index < -0.39 is 38.8 Å². The van der Waals surface area contributed by atoms with Gasteiger partial charge in [-0.2, -0.15) is 5.10 Å². The first kappa shape index (κ1) is 19.5. The molecule has 0 spiro atoms. The van der Waals surface area contributed by atoms with Crippen LogP contribution in [0.4, 0.5) is 11.4 Å². The second kappa shape index (κ2) is 7.23. The van der Waals surface area contributed by atoms with Crippen LogP contribution in [0.15, 0.2) is 47.6 Å². The Hall–Kier alpha value is -3.79. The van der Waals surface area contributed by atoms with Crippen LogP contribution in [-0.2, 0) is 4.79 Å². The third kappa shape index (κ3) is 3.16. The van der Waals surface area contributed by atoms with E-state index in [4.69, 9.17) is 11.6 Å². The van der Waals surface area contributed by atoms with Crippen LogP contribution < -0.4 is 5.43 Å². The smallest absolute Gasteiger partial charge is 0.318 e. The second-order valence-electron chi connectivity index (χ2n) is 6.87. The fourth-order valence-electron chi connectivity index (χ4n) is 3.83. The third-order valence-corrected chi connectivity index (χ3v) is 5.54. The Morgan fingerprint density at radius 2 is 1.77 bits per heavy atom. The SMILES string of the molecule is O=C1NN=C2C=C(c3cc([N+](=O)[O-])c(O)c([N+](=O)[O-])c3)CC(c3ccccc3Cl)C12. The molecule has 1 aliphatic carbocycles. The van der Waals surface area contributed by atoms with Crippen molar-refractivity contribution in [3.05, 3.63) is 78.9 Å². The fraction of sp³-hybridized carbons (Fsp3) is 0.158. The van der Waals surface area contributed by atoms with Crippen LogP contribution in [0, 0.1) is 26.1 Å². The number of rotatable bonds is 4. The summed E-state index contributed by atoms with van der Waals surface area (Å²) in [6.07, 6.45) is 1.82. The zero-order chi connectivity index (χ0) is 21.6. The summed E-state index contributed by atoms with van der Waals surface area (Å²) < 4.78 is 0. The van der Waals surface area contributed by atoms with E-state index in [9.17, 15) is 30.1 Å². The molecule has 0 saturated heterocycles. The quantitative estimate of drug-likeness (QED) is 0.562. The highest BCUT2D eigenvalue weighted by Gasteiger charge is 2.41. The number of nitrogens with zero attached hydrogens (tertiary/aromatic N) is 3. The van der Waals surface area contributed by atoms with Crippen molar-refractivity contribution in [2.45, 2.75) is 12.3 Å². The number of hydrazone groups is 1. The standard InChI is InChI=1S/C19H13ClN4O6/c20-13-4-2-1-3-11(13)12-5-9(6-14-17(12)19(26)22-21-14)10-7-15(23(27)28)18(25)16(8-10)24(29)30/h1-4,6-8,12,17,25H,5H2,(H,22,26). The minimum absolute atomic E-state index is 0.184. The molecule has 0 radical (unpaired) electrons.